The fraction of sp³-hybridized carbons (Fsp3) is 0.317. The van der Waals surface area contributed by atoms with Crippen molar-refractivity contribution in [3.8, 4) is 51.3 Å². The Morgan fingerprint density at radius 1 is 0.392 bits per heavy atom. The van der Waals surface area contributed by atoms with Gasteiger partial charge in [-0.2, -0.15) is 0 Å². The number of hydrogen-bond donors (Lipinski definition) is 0. The molecule has 0 spiro atoms. The summed E-state index contributed by atoms with van der Waals surface area (Å²) in [6, 6.07) is 34.8. The zero-order chi connectivity index (χ0) is 55.9. The first-order valence-corrected chi connectivity index (χ1v) is 26.5. The molecule has 1 aromatic heterocycles. The molecule has 0 aliphatic heterocycles. The minimum absolute atomic E-state index is 0.0956. The second-order valence-corrected chi connectivity index (χ2v) is 18.0. The highest BCUT2D eigenvalue weighted by Gasteiger charge is 2.18. The van der Waals surface area contributed by atoms with E-state index in [0.29, 0.717) is 90.1 Å². The summed E-state index contributed by atoms with van der Waals surface area (Å²) in [5.41, 5.74) is 5.26. The molecule has 0 radical (unpaired) electrons. The number of nitrogens with zero attached hydrogens (tertiary/aromatic N) is 2. The van der Waals surface area contributed by atoms with E-state index >= 15 is 0 Å². The number of carbonyl (C=O) groups excluding carboxylic acids is 5. The molecular weight excluding hydrogens is 1010 g/mol. The van der Waals surface area contributed by atoms with E-state index in [0.717, 1.165) is 92.2 Å². The molecule has 5 aromatic carbocycles. The number of esters is 5. The van der Waals surface area contributed by atoms with E-state index < -0.39 is 29.8 Å². The van der Waals surface area contributed by atoms with Gasteiger partial charge in [0, 0.05) is 48.3 Å². The number of aryl methyl sites for hydroxylation is 2. The van der Waals surface area contributed by atoms with Crippen LogP contribution in [0.4, 0.5) is 0 Å². The average molecular weight is 1080 g/mol. The highest BCUT2D eigenvalue weighted by atomic mass is 16.6. The fourth-order valence-electron chi connectivity index (χ4n) is 7.84. The lowest BCUT2D eigenvalue weighted by atomic mass is 10.0. The lowest BCUT2D eigenvalue weighted by molar-refractivity contribution is -0.139. The quantitative estimate of drug-likeness (QED) is 0.0118. The Morgan fingerprint density at radius 3 is 1.29 bits per heavy atom. The van der Waals surface area contributed by atoms with Crippen molar-refractivity contribution in [2.45, 2.75) is 77.0 Å². The molecule has 414 valence electrons. The van der Waals surface area contributed by atoms with Gasteiger partial charge in [-0.15, -0.1) is 0 Å². The van der Waals surface area contributed by atoms with Crippen LogP contribution in [-0.4, -0.2) is 92.7 Å². The summed E-state index contributed by atoms with van der Waals surface area (Å²) in [5, 5.41) is 0. The molecule has 16 nitrogen and oxygen atoms in total. The van der Waals surface area contributed by atoms with E-state index in [2.05, 4.69) is 19.7 Å². The van der Waals surface area contributed by atoms with E-state index in [-0.39, 0.29) is 39.3 Å². The Bertz CT molecular complexity index is 2960. The molecule has 0 aliphatic carbocycles. The second-order valence-electron chi connectivity index (χ2n) is 18.0. The summed E-state index contributed by atoms with van der Waals surface area (Å²) in [6.07, 6.45) is 11.7. The van der Waals surface area contributed by atoms with Gasteiger partial charge in [-0.1, -0.05) is 68.3 Å². The van der Waals surface area contributed by atoms with Crippen LogP contribution < -0.4 is 23.7 Å². The predicted molar refractivity (Wildman–Crippen MR) is 299 cm³/mol. The second kappa shape index (κ2) is 33.5. The van der Waals surface area contributed by atoms with Crippen molar-refractivity contribution in [2.24, 2.45) is 0 Å². The lowest BCUT2D eigenvalue weighted by Crippen LogP contribution is -2.12. The van der Waals surface area contributed by atoms with Crippen molar-refractivity contribution in [1.29, 1.82) is 0 Å². The van der Waals surface area contributed by atoms with Crippen LogP contribution >= 0.6 is 0 Å². The molecule has 16 heteroatoms. The van der Waals surface area contributed by atoms with Crippen molar-refractivity contribution in [2.75, 3.05) is 52.9 Å². The van der Waals surface area contributed by atoms with Crippen molar-refractivity contribution >= 4 is 40.9 Å². The minimum Gasteiger partial charge on any atom is -0.494 e. The van der Waals surface area contributed by atoms with Gasteiger partial charge in [0.15, 0.2) is 0 Å². The zero-order valence-corrected chi connectivity index (χ0v) is 44.6. The molecule has 0 unspecified atom stereocenters. The van der Waals surface area contributed by atoms with Crippen molar-refractivity contribution in [3.05, 3.63) is 164 Å². The van der Waals surface area contributed by atoms with Gasteiger partial charge in [0.1, 0.15) is 42.0 Å². The third kappa shape index (κ3) is 21.7. The fourth-order valence-corrected chi connectivity index (χ4v) is 7.84. The Labute approximate surface area is 461 Å². The standard InChI is InChI=1S/C63H68N2O14/c1-4-57(66)75-37-13-9-7-11-35-72-50-27-21-46(22-28-50)25-33-60(69)78-53-19-15-17-48(43-53)62-63(65-56-45-52(31-32-55(56)64-62)74-41-39-71-40-42-77-59(68)6-3)49-18-16-20-54(44-49)79-61(70)34-26-47-23-29-51(30-24-47)73-36-12-8-10-14-38-76-58(67)5-2/h4-6,15-24,27-32,43-45H,1-3,7-14,25-26,33-42H2. The Morgan fingerprint density at radius 2 is 0.810 bits per heavy atom. The zero-order valence-electron chi connectivity index (χ0n) is 44.6. The maximum Gasteiger partial charge on any atom is 0.330 e. The van der Waals surface area contributed by atoms with Crippen LogP contribution in [0.2, 0.25) is 0 Å². The third-order valence-electron chi connectivity index (χ3n) is 12.0. The number of carbonyl (C=O) groups is 5. The molecule has 0 N–H and O–H groups in total. The SMILES string of the molecule is C=CC(=O)OCCCCCCOc1ccc(CCC(=O)Oc2cccc(-c3nc4ccc(OCCOCCOC(=O)C=C)cc4nc3-c3cccc(OC(=O)CCc4ccc(OCCCCCCOC(=O)C=C)cc4)c3)c2)cc1. The van der Waals surface area contributed by atoms with Crippen LogP contribution in [0.25, 0.3) is 33.5 Å². The Kier molecular flexibility index (Phi) is 25.3. The first-order valence-electron chi connectivity index (χ1n) is 26.5. The predicted octanol–water partition coefficient (Wildman–Crippen LogP) is 11.5. The summed E-state index contributed by atoms with van der Waals surface area (Å²) in [6.45, 7) is 12.8. The number of aromatic nitrogens is 2. The molecular formula is C63H68N2O14. The van der Waals surface area contributed by atoms with Crippen LogP contribution in [0.5, 0.6) is 28.7 Å². The topological polar surface area (TPSA) is 194 Å². The monoisotopic (exact) mass is 1080 g/mol. The number of ether oxygens (including phenoxy) is 9. The lowest BCUT2D eigenvalue weighted by Gasteiger charge is -2.14. The van der Waals surface area contributed by atoms with Crippen molar-refractivity contribution in [3.63, 3.8) is 0 Å². The number of unbranched alkanes of at least 4 members (excludes halogenated alkanes) is 6. The van der Waals surface area contributed by atoms with E-state index in [9.17, 15) is 24.0 Å². The summed E-state index contributed by atoms with van der Waals surface area (Å²) in [7, 11) is 0. The molecule has 0 bridgehead atoms. The van der Waals surface area contributed by atoms with E-state index in [4.69, 9.17) is 52.6 Å². The molecule has 6 aromatic rings. The molecule has 0 fully saturated rings. The highest BCUT2D eigenvalue weighted by Crippen LogP contribution is 2.35. The van der Waals surface area contributed by atoms with Crippen LogP contribution in [0.1, 0.15) is 75.3 Å². The van der Waals surface area contributed by atoms with Gasteiger partial charge in [0.05, 0.1) is 62.1 Å². The molecule has 0 amide bonds. The van der Waals surface area contributed by atoms with Crippen LogP contribution in [0, 0.1) is 0 Å². The third-order valence-corrected chi connectivity index (χ3v) is 12.0. The normalized spacial score (nSPS) is 10.7. The van der Waals surface area contributed by atoms with Gasteiger partial charge in [-0.05, 0) is 136 Å². The van der Waals surface area contributed by atoms with Crippen LogP contribution in [0.15, 0.2) is 153 Å². The number of fused-ring (bicyclic) bond motifs is 1. The molecule has 0 atom stereocenters. The van der Waals surface area contributed by atoms with Gasteiger partial charge in [-0.3, -0.25) is 9.59 Å². The average Bonchev–Trinajstić information content (AvgIpc) is 3.56. The summed E-state index contributed by atoms with van der Waals surface area (Å²) in [4.78, 5) is 70.3. The number of hydrogen-bond acceptors (Lipinski definition) is 16. The van der Waals surface area contributed by atoms with Crippen molar-refractivity contribution < 1.29 is 66.6 Å². The van der Waals surface area contributed by atoms with Gasteiger partial charge in [0.2, 0.25) is 0 Å². The highest BCUT2D eigenvalue weighted by molar-refractivity contribution is 5.88. The maximum atomic E-state index is 13.3. The molecule has 1 heterocycles. The van der Waals surface area contributed by atoms with E-state index in [1.54, 1.807) is 54.6 Å². The van der Waals surface area contributed by atoms with Gasteiger partial charge in [-0.25, -0.2) is 24.4 Å². The first-order chi connectivity index (χ1) is 38.6. The Hall–Kier alpha value is -8.63. The van der Waals surface area contributed by atoms with Gasteiger partial charge >= 0.3 is 29.8 Å². The summed E-state index contributed by atoms with van der Waals surface area (Å²) >= 11 is 0. The summed E-state index contributed by atoms with van der Waals surface area (Å²) < 4.78 is 50.0. The van der Waals surface area contributed by atoms with E-state index in [1.165, 1.54) is 0 Å². The Balaban J connectivity index is 1.07. The molecule has 0 aliphatic rings. The van der Waals surface area contributed by atoms with Crippen LogP contribution in [0.3, 0.4) is 0 Å². The number of rotatable bonds is 36. The maximum absolute atomic E-state index is 13.3. The molecule has 0 saturated heterocycles. The van der Waals surface area contributed by atoms with Gasteiger partial charge < -0.3 is 42.6 Å². The minimum atomic E-state index is -0.520. The largest absolute Gasteiger partial charge is 0.494 e. The smallest absolute Gasteiger partial charge is 0.330 e. The molecule has 79 heavy (non-hydrogen) atoms. The number of benzene rings is 5. The van der Waals surface area contributed by atoms with Crippen molar-refractivity contribution in [1.82, 2.24) is 9.97 Å². The first kappa shape index (κ1) is 59.6. The molecule has 0 saturated carbocycles. The molecule has 6 rings (SSSR count). The van der Waals surface area contributed by atoms with E-state index in [1.807, 2.05) is 60.7 Å². The van der Waals surface area contributed by atoms with Gasteiger partial charge in [0.25, 0.3) is 0 Å². The summed E-state index contributed by atoms with van der Waals surface area (Å²) in [5.74, 6) is 0.531. The van der Waals surface area contributed by atoms with Crippen LogP contribution in [-0.2, 0) is 55.8 Å².